The standard InChI is InChI=1S/C50H83NO7/c1-6-8-10-12-14-16-18-20-22-24-26-28-30-32-34-36-38-40-48(52)57-45-46(44-56-43-42-47(50(54)55)51(3,4)5)58-49(53)41-39-37-35-33-31-29-27-25-23-21-19-17-15-13-11-9-7-2/h9,11,14-17,20-23,27,29,33,35,46-47H,6-8,10,12-13,18-19,24-26,28,30-32,34,36-45H2,1-5H3/b11-9+,16-14+,17-15+,22-20+,23-21+,29-27+,35-33+. The molecule has 330 valence electrons. The number of carbonyl (C=O) groups excluding carboxylic acids is 3. The Morgan fingerprint density at radius 1 is 0.534 bits per heavy atom. The normalized spacial score (nSPS) is 13.7. The lowest BCUT2D eigenvalue weighted by Gasteiger charge is -2.34. The van der Waals surface area contributed by atoms with Crippen molar-refractivity contribution >= 4 is 17.9 Å². The van der Waals surface area contributed by atoms with Gasteiger partial charge in [0.15, 0.2) is 6.10 Å². The van der Waals surface area contributed by atoms with Gasteiger partial charge in [0.05, 0.1) is 40.3 Å². The van der Waals surface area contributed by atoms with Crippen molar-refractivity contribution in [1.29, 1.82) is 0 Å². The third-order valence-corrected chi connectivity index (χ3v) is 9.52. The highest BCUT2D eigenvalue weighted by Crippen LogP contribution is 2.12. The number of likely N-dealkylation sites (N-methyl/N-ethyl adjacent to an activating group) is 1. The number of rotatable bonds is 39. The Bertz CT molecular complexity index is 1220. The first kappa shape index (κ1) is 54.5. The van der Waals surface area contributed by atoms with E-state index in [0.717, 1.165) is 70.6 Å². The fourth-order valence-corrected chi connectivity index (χ4v) is 6.02. The molecule has 0 saturated heterocycles. The summed E-state index contributed by atoms with van der Waals surface area (Å²) in [6.45, 7) is 4.44. The van der Waals surface area contributed by atoms with E-state index in [1.54, 1.807) is 21.1 Å². The van der Waals surface area contributed by atoms with Crippen molar-refractivity contribution in [2.24, 2.45) is 0 Å². The number of unbranched alkanes of at least 4 members (excludes halogenated alkanes) is 11. The Morgan fingerprint density at radius 3 is 1.48 bits per heavy atom. The van der Waals surface area contributed by atoms with E-state index in [9.17, 15) is 19.5 Å². The molecule has 0 heterocycles. The Morgan fingerprint density at radius 2 is 0.983 bits per heavy atom. The van der Waals surface area contributed by atoms with Gasteiger partial charge in [-0.3, -0.25) is 9.59 Å². The number of carboxylic acids is 1. The minimum Gasteiger partial charge on any atom is -0.544 e. The summed E-state index contributed by atoms with van der Waals surface area (Å²) in [5.41, 5.74) is 0. The van der Waals surface area contributed by atoms with Crippen LogP contribution < -0.4 is 5.11 Å². The lowest BCUT2D eigenvalue weighted by molar-refractivity contribution is -0.889. The number of allylic oxidation sites excluding steroid dienone is 14. The van der Waals surface area contributed by atoms with Crippen LogP contribution in [-0.2, 0) is 28.6 Å². The van der Waals surface area contributed by atoms with Gasteiger partial charge in [-0.15, -0.1) is 0 Å². The molecule has 0 N–H and O–H groups in total. The molecule has 58 heavy (non-hydrogen) atoms. The molecule has 0 aliphatic heterocycles. The lowest BCUT2D eigenvalue weighted by atomic mass is 10.1. The summed E-state index contributed by atoms with van der Waals surface area (Å²) in [5, 5.41) is 11.6. The number of hydrogen-bond acceptors (Lipinski definition) is 7. The second-order valence-electron chi connectivity index (χ2n) is 15.9. The first-order chi connectivity index (χ1) is 28.1. The molecule has 0 aromatic rings. The number of ether oxygens (including phenoxy) is 3. The molecule has 0 bridgehead atoms. The Balaban J connectivity index is 4.45. The molecule has 0 aliphatic rings. The Hall–Kier alpha value is -3.49. The van der Waals surface area contributed by atoms with Crippen molar-refractivity contribution in [3.05, 3.63) is 85.1 Å². The molecule has 0 aliphatic carbocycles. The molecule has 2 unspecified atom stereocenters. The van der Waals surface area contributed by atoms with Crippen molar-refractivity contribution in [2.75, 3.05) is 41.0 Å². The minimum atomic E-state index is -1.14. The zero-order chi connectivity index (χ0) is 42.8. The summed E-state index contributed by atoms with van der Waals surface area (Å²) < 4.78 is 17.1. The minimum absolute atomic E-state index is 0.0106. The molecule has 0 spiro atoms. The Labute approximate surface area is 354 Å². The van der Waals surface area contributed by atoms with Crippen LogP contribution >= 0.6 is 0 Å². The van der Waals surface area contributed by atoms with E-state index in [1.807, 2.05) is 0 Å². The predicted octanol–water partition coefficient (Wildman–Crippen LogP) is 11.2. The molecule has 0 aromatic carbocycles. The van der Waals surface area contributed by atoms with Crippen LogP contribution in [0, 0.1) is 0 Å². The van der Waals surface area contributed by atoms with Gasteiger partial charge >= 0.3 is 11.9 Å². The molecule has 0 rings (SSSR count). The molecule has 0 saturated carbocycles. The van der Waals surface area contributed by atoms with Crippen molar-refractivity contribution in [1.82, 2.24) is 0 Å². The first-order valence-corrected chi connectivity index (χ1v) is 22.6. The van der Waals surface area contributed by atoms with E-state index in [2.05, 4.69) is 98.9 Å². The monoisotopic (exact) mass is 810 g/mol. The average molecular weight is 810 g/mol. The smallest absolute Gasteiger partial charge is 0.306 e. The Kier molecular flexibility index (Phi) is 37.9. The second-order valence-corrected chi connectivity index (χ2v) is 15.9. The zero-order valence-corrected chi connectivity index (χ0v) is 37.4. The van der Waals surface area contributed by atoms with E-state index in [-0.39, 0.29) is 49.1 Å². The van der Waals surface area contributed by atoms with E-state index in [1.165, 1.54) is 51.4 Å². The zero-order valence-electron chi connectivity index (χ0n) is 37.4. The number of quaternary nitrogens is 1. The van der Waals surface area contributed by atoms with Crippen LogP contribution in [0.3, 0.4) is 0 Å². The molecular formula is C50H83NO7. The maximum absolute atomic E-state index is 12.7. The molecule has 0 radical (unpaired) electrons. The molecular weight excluding hydrogens is 727 g/mol. The summed E-state index contributed by atoms with van der Waals surface area (Å²) >= 11 is 0. The highest BCUT2D eigenvalue weighted by molar-refractivity contribution is 5.70. The SMILES string of the molecule is CC/C=C/C/C=C/C/C=C/C/C=C/C/C=C/CCCC(=O)OC(COCCC(C(=O)[O-])[N+](C)(C)C)COC(=O)CCCCCCCCC/C=C/C/C=C/CCCCC. The quantitative estimate of drug-likeness (QED) is 0.0264. The average Bonchev–Trinajstić information content (AvgIpc) is 3.18. The van der Waals surface area contributed by atoms with Crippen LogP contribution in [0.4, 0.5) is 0 Å². The van der Waals surface area contributed by atoms with E-state index >= 15 is 0 Å². The van der Waals surface area contributed by atoms with Gasteiger partial charge in [0.1, 0.15) is 12.6 Å². The summed E-state index contributed by atoms with van der Waals surface area (Å²) in [6, 6.07) is -0.741. The summed E-state index contributed by atoms with van der Waals surface area (Å²) in [6.07, 6.45) is 51.8. The number of carboxylic acid groups (broad SMARTS) is 1. The molecule has 8 nitrogen and oxygen atoms in total. The number of aliphatic carboxylic acids is 1. The van der Waals surface area contributed by atoms with E-state index in [0.29, 0.717) is 12.8 Å². The fraction of sp³-hybridized carbons (Fsp3) is 0.660. The van der Waals surface area contributed by atoms with E-state index in [4.69, 9.17) is 14.2 Å². The van der Waals surface area contributed by atoms with Gasteiger partial charge in [0.25, 0.3) is 0 Å². The third-order valence-electron chi connectivity index (χ3n) is 9.52. The van der Waals surface area contributed by atoms with Crippen molar-refractivity contribution < 1.29 is 38.2 Å². The number of carbonyl (C=O) groups is 3. The van der Waals surface area contributed by atoms with Gasteiger partial charge < -0.3 is 28.6 Å². The van der Waals surface area contributed by atoms with Crippen LogP contribution in [0.15, 0.2) is 85.1 Å². The van der Waals surface area contributed by atoms with Gasteiger partial charge in [-0.2, -0.15) is 0 Å². The first-order valence-electron chi connectivity index (χ1n) is 22.6. The van der Waals surface area contributed by atoms with Gasteiger partial charge in [0.2, 0.25) is 0 Å². The maximum atomic E-state index is 12.7. The number of hydrogen-bond donors (Lipinski definition) is 0. The summed E-state index contributed by atoms with van der Waals surface area (Å²) in [4.78, 5) is 36.9. The van der Waals surface area contributed by atoms with Crippen molar-refractivity contribution in [3.8, 4) is 0 Å². The van der Waals surface area contributed by atoms with Gasteiger partial charge in [-0.1, -0.05) is 144 Å². The molecule has 0 aromatic heterocycles. The van der Waals surface area contributed by atoms with Gasteiger partial charge in [-0.05, 0) is 83.5 Å². The highest BCUT2D eigenvalue weighted by atomic mass is 16.6. The maximum Gasteiger partial charge on any atom is 0.306 e. The predicted molar refractivity (Wildman–Crippen MR) is 240 cm³/mol. The molecule has 0 amide bonds. The third kappa shape index (κ3) is 38.1. The molecule has 0 fully saturated rings. The largest absolute Gasteiger partial charge is 0.544 e. The number of esters is 2. The second kappa shape index (κ2) is 40.3. The summed E-state index contributed by atoms with van der Waals surface area (Å²) in [7, 11) is 5.38. The van der Waals surface area contributed by atoms with Crippen LogP contribution in [-0.4, -0.2) is 75.5 Å². The summed E-state index contributed by atoms with van der Waals surface area (Å²) in [5.74, 6) is -1.83. The van der Waals surface area contributed by atoms with Gasteiger partial charge in [-0.25, -0.2) is 0 Å². The highest BCUT2D eigenvalue weighted by Gasteiger charge is 2.25. The molecule has 8 heteroatoms. The number of nitrogens with zero attached hydrogens (tertiary/aromatic N) is 1. The van der Waals surface area contributed by atoms with Crippen LogP contribution in [0.2, 0.25) is 0 Å². The fourth-order valence-electron chi connectivity index (χ4n) is 6.02. The molecule has 2 atom stereocenters. The van der Waals surface area contributed by atoms with E-state index < -0.39 is 18.1 Å². The van der Waals surface area contributed by atoms with Crippen LogP contribution in [0.1, 0.15) is 162 Å². The van der Waals surface area contributed by atoms with Gasteiger partial charge in [0, 0.05) is 19.3 Å². The van der Waals surface area contributed by atoms with Crippen molar-refractivity contribution in [2.45, 2.75) is 174 Å². The van der Waals surface area contributed by atoms with Crippen LogP contribution in [0.25, 0.3) is 0 Å². The van der Waals surface area contributed by atoms with Crippen LogP contribution in [0.5, 0.6) is 0 Å². The lowest BCUT2D eigenvalue weighted by Crippen LogP contribution is -2.55. The van der Waals surface area contributed by atoms with Crippen molar-refractivity contribution in [3.63, 3.8) is 0 Å². The topological polar surface area (TPSA) is 102 Å².